The van der Waals surface area contributed by atoms with Gasteiger partial charge < -0.3 is 5.11 Å². The number of hydrogen-bond donors (Lipinski definition) is 2. The lowest BCUT2D eigenvalue weighted by atomic mass is 10.1. The Morgan fingerprint density at radius 2 is 1.79 bits per heavy atom. The van der Waals surface area contributed by atoms with Crippen molar-refractivity contribution in [2.45, 2.75) is 43.4 Å². The second kappa shape index (κ2) is 6.91. The van der Waals surface area contributed by atoms with Gasteiger partial charge in [-0.15, -0.1) is 0 Å². The first kappa shape index (κ1) is 16.9. The molecule has 0 aromatic heterocycles. The fourth-order valence-electron chi connectivity index (χ4n) is 3.32. The van der Waals surface area contributed by atoms with Crippen LogP contribution in [0.4, 0.5) is 0 Å². The Labute approximate surface area is 141 Å². The van der Waals surface area contributed by atoms with E-state index in [1.54, 1.807) is 6.07 Å². The molecule has 0 heterocycles. The topological polar surface area (TPSA) is 83.5 Å². The first-order valence-corrected chi connectivity index (χ1v) is 9.72. The van der Waals surface area contributed by atoms with E-state index in [2.05, 4.69) is 10.8 Å². The molecule has 0 fully saturated rings. The fourth-order valence-corrected chi connectivity index (χ4v) is 4.59. The van der Waals surface area contributed by atoms with Gasteiger partial charge in [0.1, 0.15) is 0 Å². The quantitative estimate of drug-likeness (QED) is 0.719. The normalized spacial score (nSPS) is 13.5. The van der Waals surface area contributed by atoms with Gasteiger partial charge in [-0.2, -0.15) is 0 Å². The first-order valence-electron chi connectivity index (χ1n) is 8.24. The number of rotatable bonds is 8. The van der Waals surface area contributed by atoms with Crippen molar-refractivity contribution in [1.29, 1.82) is 0 Å². The van der Waals surface area contributed by atoms with Crippen LogP contribution in [0.1, 0.15) is 36.8 Å². The maximum atomic E-state index is 12.6. The molecule has 0 aliphatic heterocycles. The summed E-state index contributed by atoms with van der Waals surface area (Å²) in [6.07, 6.45) is 3.95. The maximum Gasteiger partial charge on any atom is 0.303 e. The monoisotopic (exact) mass is 347 g/mol. The minimum Gasteiger partial charge on any atom is -0.481 e. The Bertz CT molecular complexity index is 864. The zero-order valence-electron chi connectivity index (χ0n) is 13.4. The van der Waals surface area contributed by atoms with E-state index < -0.39 is 16.0 Å². The molecule has 0 bridgehead atoms. The van der Waals surface area contributed by atoms with E-state index in [0.717, 1.165) is 23.6 Å². The minimum atomic E-state index is -3.56. The number of aryl methyl sites for hydroxylation is 2. The summed E-state index contributed by atoms with van der Waals surface area (Å²) < 4.78 is 27.9. The summed E-state index contributed by atoms with van der Waals surface area (Å²) in [5.41, 5.74) is 2.43. The molecule has 1 aliphatic carbocycles. The second-order valence-electron chi connectivity index (χ2n) is 6.16. The van der Waals surface area contributed by atoms with Crippen LogP contribution in [0.3, 0.4) is 0 Å². The molecule has 2 aromatic rings. The van der Waals surface area contributed by atoms with E-state index in [9.17, 15) is 13.2 Å². The largest absolute Gasteiger partial charge is 0.481 e. The highest BCUT2D eigenvalue weighted by Crippen LogP contribution is 2.34. The highest BCUT2D eigenvalue weighted by Gasteiger charge is 2.22. The Balaban J connectivity index is 1.72. The number of nitrogens with one attached hydrogen (secondary N) is 1. The molecule has 1 aliphatic rings. The van der Waals surface area contributed by atoms with Gasteiger partial charge in [-0.25, -0.2) is 13.1 Å². The third-order valence-corrected chi connectivity index (χ3v) is 6.01. The van der Waals surface area contributed by atoms with E-state index >= 15 is 0 Å². The molecule has 0 atom stereocenters. The van der Waals surface area contributed by atoms with Gasteiger partial charge in [0.2, 0.25) is 10.0 Å². The van der Waals surface area contributed by atoms with E-state index in [1.807, 2.05) is 18.2 Å². The summed E-state index contributed by atoms with van der Waals surface area (Å²) in [6, 6.07) is 9.46. The molecular weight excluding hydrogens is 326 g/mol. The van der Waals surface area contributed by atoms with Crippen LogP contribution in [0.2, 0.25) is 0 Å². The summed E-state index contributed by atoms with van der Waals surface area (Å²) in [5, 5.41) is 10.5. The first-order chi connectivity index (χ1) is 11.5. The summed E-state index contributed by atoms with van der Waals surface area (Å²) in [4.78, 5) is 10.8. The highest BCUT2D eigenvalue weighted by atomic mass is 32.2. The van der Waals surface area contributed by atoms with Crippen LogP contribution in [-0.2, 0) is 27.7 Å². The molecule has 6 heteroatoms. The Kier molecular flexibility index (Phi) is 4.87. The number of benzene rings is 2. The van der Waals surface area contributed by atoms with Crippen LogP contribution >= 0.6 is 0 Å². The average Bonchev–Trinajstić information content (AvgIpc) is 2.96. The van der Waals surface area contributed by atoms with Crippen molar-refractivity contribution < 1.29 is 18.3 Å². The number of carbonyl (C=O) groups is 1. The fraction of sp³-hybridized carbons (Fsp3) is 0.389. The minimum absolute atomic E-state index is 0.127. The van der Waals surface area contributed by atoms with Crippen LogP contribution in [-0.4, -0.2) is 26.0 Å². The number of carboxylic acids is 1. The Morgan fingerprint density at radius 1 is 1.04 bits per heavy atom. The van der Waals surface area contributed by atoms with Gasteiger partial charge in [-0.3, -0.25) is 4.79 Å². The van der Waals surface area contributed by atoms with Gasteiger partial charge in [-0.1, -0.05) is 30.7 Å². The molecule has 2 aromatic carbocycles. The molecule has 0 unspecified atom stereocenters. The predicted octanol–water partition coefficient (Wildman–Crippen LogP) is 2.86. The Morgan fingerprint density at radius 3 is 2.54 bits per heavy atom. The summed E-state index contributed by atoms with van der Waals surface area (Å²) in [7, 11) is -3.56. The third-order valence-electron chi connectivity index (χ3n) is 4.49. The molecule has 0 radical (unpaired) electrons. The average molecular weight is 347 g/mol. The van der Waals surface area contributed by atoms with Crippen LogP contribution in [0.5, 0.6) is 0 Å². The van der Waals surface area contributed by atoms with Gasteiger partial charge in [0.15, 0.2) is 0 Å². The Hall–Kier alpha value is -1.92. The van der Waals surface area contributed by atoms with Crippen molar-refractivity contribution in [3.8, 4) is 0 Å². The van der Waals surface area contributed by atoms with Crippen LogP contribution < -0.4 is 4.72 Å². The van der Waals surface area contributed by atoms with Gasteiger partial charge in [0.25, 0.3) is 0 Å². The van der Waals surface area contributed by atoms with Crippen molar-refractivity contribution in [2.75, 3.05) is 6.54 Å². The van der Waals surface area contributed by atoms with Crippen LogP contribution in [0.25, 0.3) is 10.8 Å². The zero-order valence-corrected chi connectivity index (χ0v) is 14.2. The van der Waals surface area contributed by atoms with Crippen molar-refractivity contribution in [3.63, 3.8) is 0 Å². The van der Waals surface area contributed by atoms with E-state index in [1.165, 1.54) is 11.1 Å². The van der Waals surface area contributed by atoms with Gasteiger partial charge in [0, 0.05) is 18.4 Å². The lowest BCUT2D eigenvalue weighted by Gasteiger charge is -2.11. The van der Waals surface area contributed by atoms with Crippen molar-refractivity contribution in [3.05, 3.63) is 41.5 Å². The molecule has 0 saturated heterocycles. The molecule has 0 spiro atoms. The van der Waals surface area contributed by atoms with E-state index in [-0.39, 0.29) is 6.42 Å². The number of hydrogen-bond acceptors (Lipinski definition) is 3. The summed E-state index contributed by atoms with van der Waals surface area (Å²) in [5.74, 6) is -0.816. The van der Waals surface area contributed by atoms with Crippen molar-refractivity contribution >= 4 is 26.8 Å². The number of sulfonamides is 1. The van der Waals surface area contributed by atoms with Crippen molar-refractivity contribution in [1.82, 2.24) is 4.72 Å². The van der Waals surface area contributed by atoms with Crippen molar-refractivity contribution in [2.24, 2.45) is 0 Å². The summed E-state index contributed by atoms with van der Waals surface area (Å²) >= 11 is 0. The third kappa shape index (κ3) is 3.44. The molecule has 2 N–H and O–H groups in total. The number of carboxylic acid groups (broad SMARTS) is 1. The maximum absolute atomic E-state index is 12.6. The van der Waals surface area contributed by atoms with Crippen LogP contribution in [0, 0.1) is 0 Å². The highest BCUT2D eigenvalue weighted by molar-refractivity contribution is 7.89. The SMILES string of the molecule is O=C(O)CCCCCNS(=O)(=O)c1ccc2c3c(cccc13)CC2. The molecule has 5 nitrogen and oxygen atoms in total. The molecule has 0 saturated carbocycles. The molecule has 128 valence electrons. The van der Waals surface area contributed by atoms with E-state index in [0.29, 0.717) is 30.7 Å². The zero-order chi connectivity index (χ0) is 17.2. The molecule has 24 heavy (non-hydrogen) atoms. The van der Waals surface area contributed by atoms with Gasteiger partial charge >= 0.3 is 5.97 Å². The predicted molar refractivity (Wildman–Crippen MR) is 92.6 cm³/mol. The molecular formula is C18H21NO4S. The van der Waals surface area contributed by atoms with Gasteiger partial charge in [0.05, 0.1) is 4.90 Å². The second-order valence-corrected chi connectivity index (χ2v) is 7.90. The lowest BCUT2D eigenvalue weighted by Crippen LogP contribution is -2.25. The smallest absolute Gasteiger partial charge is 0.303 e. The standard InChI is InChI=1S/C18H21NO4S/c20-17(21)7-2-1-3-12-19-24(22,23)16-11-10-14-9-8-13-5-4-6-15(16)18(13)14/h4-6,10-11,19H,1-3,7-9,12H2,(H,20,21). The molecule has 0 amide bonds. The van der Waals surface area contributed by atoms with E-state index in [4.69, 9.17) is 5.11 Å². The number of aliphatic carboxylic acids is 1. The lowest BCUT2D eigenvalue weighted by molar-refractivity contribution is -0.137. The molecule has 3 rings (SSSR count). The van der Waals surface area contributed by atoms with Gasteiger partial charge in [-0.05, 0) is 48.3 Å². The van der Waals surface area contributed by atoms with Crippen LogP contribution in [0.15, 0.2) is 35.2 Å². The summed E-state index contributed by atoms with van der Waals surface area (Å²) in [6.45, 7) is 0.324. The number of unbranched alkanes of at least 4 members (excludes halogenated alkanes) is 2.